The van der Waals surface area contributed by atoms with E-state index >= 15 is 0 Å². The number of hydrogen-bond acceptors (Lipinski definition) is 2. The highest BCUT2D eigenvalue weighted by Crippen LogP contribution is 2.28. The van der Waals surface area contributed by atoms with Crippen LogP contribution in [0.3, 0.4) is 0 Å². The SMILES string of the molecule is CCCc1cccc(Oc2cccc(Oc3ccccc3)c2)c1. The minimum absolute atomic E-state index is 0.762. The minimum Gasteiger partial charge on any atom is -0.457 e. The summed E-state index contributed by atoms with van der Waals surface area (Å²) in [6.45, 7) is 2.18. The number of aryl methyl sites for hydroxylation is 1. The van der Waals surface area contributed by atoms with Gasteiger partial charge >= 0.3 is 0 Å². The van der Waals surface area contributed by atoms with Crippen LogP contribution in [0.15, 0.2) is 78.9 Å². The molecule has 2 nitrogen and oxygen atoms in total. The van der Waals surface area contributed by atoms with Crippen LogP contribution in [0.25, 0.3) is 0 Å². The Morgan fingerprint density at radius 3 is 1.87 bits per heavy atom. The molecule has 0 fully saturated rings. The summed E-state index contributed by atoms with van der Waals surface area (Å²) in [5.41, 5.74) is 1.29. The lowest BCUT2D eigenvalue weighted by atomic mass is 10.1. The highest BCUT2D eigenvalue weighted by molar-refractivity contribution is 5.40. The van der Waals surface area contributed by atoms with Crippen LogP contribution in [0.2, 0.25) is 0 Å². The van der Waals surface area contributed by atoms with Crippen molar-refractivity contribution in [1.29, 1.82) is 0 Å². The third-order valence-electron chi connectivity index (χ3n) is 3.46. The maximum absolute atomic E-state index is 5.96. The van der Waals surface area contributed by atoms with Gasteiger partial charge in [0.05, 0.1) is 0 Å². The molecule has 0 atom stereocenters. The average Bonchev–Trinajstić information content (AvgIpc) is 2.57. The van der Waals surface area contributed by atoms with Crippen LogP contribution >= 0.6 is 0 Å². The zero-order chi connectivity index (χ0) is 15.9. The summed E-state index contributed by atoms with van der Waals surface area (Å²) in [5.74, 6) is 3.20. The Bertz CT molecular complexity index is 751. The summed E-state index contributed by atoms with van der Waals surface area (Å²) in [5, 5.41) is 0. The number of para-hydroxylation sites is 1. The van der Waals surface area contributed by atoms with Gasteiger partial charge in [0.15, 0.2) is 0 Å². The summed E-state index contributed by atoms with van der Waals surface area (Å²) in [7, 11) is 0. The molecule has 0 aliphatic carbocycles. The molecular formula is C21H20O2. The van der Waals surface area contributed by atoms with Crippen molar-refractivity contribution in [3.8, 4) is 23.0 Å². The zero-order valence-electron chi connectivity index (χ0n) is 13.2. The van der Waals surface area contributed by atoms with Gasteiger partial charge in [-0.2, -0.15) is 0 Å². The van der Waals surface area contributed by atoms with Gasteiger partial charge in [-0.15, -0.1) is 0 Å². The summed E-state index contributed by atoms with van der Waals surface area (Å²) < 4.78 is 11.8. The molecular weight excluding hydrogens is 284 g/mol. The van der Waals surface area contributed by atoms with Crippen molar-refractivity contribution in [3.63, 3.8) is 0 Å². The maximum atomic E-state index is 5.96. The van der Waals surface area contributed by atoms with Gasteiger partial charge in [0, 0.05) is 6.07 Å². The minimum atomic E-state index is 0.762. The number of benzene rings is 3. The Hall–Kier alpha value is -2.74. The first-order chi connectivity index (χ1) is 11.3. The van der Waals surface area contributed by atoms with E-state index in [0.29, 0.717) is 0 Å². The van der Waals surface area contributed by atoms with Crippen molar-refractivity contribution in [2.75, 3.05) is 0 Å². The van der Waals surface area contributed by atoms with Crippen LogP contribution in [0.4, 0.5) is 0 Å². The maximum Gasteiger partial charge on any atom is 0.131 e. The lowest BCUT2D eigenvalue weighted by Gasteiger charge is -2.10. The molecule has 0 aromatic heterocycles. The summed E-state index contributed by atoms with van der Waals surface area (Å²) in [6, 6.07) is 25.7. The Balaban J connectivity index is 1.73. The number of rotatable bonds is 6. The molecule has 0 saturated carbocycles. The van der Waals surface area contributed by atoms with Crippen LogP contribution in [0, 0.1) is 0 Å². The van der Waals surface area contributed by atoms with Gasteiger partial charge in [0.2, 0.25) is 0 Å². The van der Waals surface area contributed by atoms with Gasteiger partial charge in [0.1, 0.15) is 23.0 Å². The van der Waals surface area contributed by atoms with E-state index in [1.807, 2.05) is 66.7 Å². The highest BCUT2D eigenvalue weighted by Gasteiger charge is 2.02. The van der Waals surface area contributed by atoms with E-state index in [2.05, 4.69) is 19.1 Å². The Morgan fingerprint density at radius 2 is 1.17 bits per heavy atom. The monoisotopic (exact) mass is 304 g/mol. The zero-order valence-corrected chi connectivity index (χ0v) is 13.2. The molecule has 0 unspecified atom stereocenters. The predicted octanol–water partition coefficient (Wildman–Crippen LogP) is 6.22. The van der Waals surface area contributed by atoms with Gasteiger partial charge in [0.25, 0.3) is 0 Å². The summed E-state index contributed by atoms with van der Waals surface area (Å²) in [4.78, 5) is 0. The number of hydrogen-bond donors (Lipinski definition) is 0. The molecule has 116 valence electrons. The Labute approximate surface area is 137 Å². The van der Waals surface area contributed by atoms with E-state index in [-0.39, 0.29) is 0 Å². The molecule has 3 aromatic carbocycles. The first kappa shape index (κ1) is 15.2. The first-order valence-corrected chi connectivity index (χ1v) is 7.93. The van der Waals surface area contributed by atoms with E-state index in [1.54, 1.807) is 0 Å². The molecule has 0 amide bonds. The second-order valence-corrected chi connectivity index (χ2v) is 5.39. The van der Waals surface area contributed by atoms with Crippen LogP contribution in [0.5, 0.6) is 23.0 Å². The molecule has 2 heteroatoms. The van der Waals surface area contributed by atoms with Crippen molar-refractivity contribution in [2.45, 2.75) is 19.8 Å². The topological polar surface area (TPSA) is 18.5 Å². The molecule has 0 bridgehead atoms. The highest BCUT2D eigenvalue weighted by atomic mass is 16.5. The first-order valence-electron chi connectivity index (χ1n) is 7.93. The molecule has 0 radical (unpaired) electrons. The summed E-state index contributed by atoms with van der Waals surface area (Å²) >= 11 is 0. The Kier molecular flexibility index (Phi) is 4.95. The quantitative estimate of drug-likeness (QED) is 0.538. The third-order valence-corrected chi connectivity index (χ3v) is 3.46. The molecule has 3 aromatic rings. The van der Waals surface area contributed by atoms with E-state index in [4.69, 9.17) is 9.47 Å². The van der Waals surface area contributed by atoms with Crippen LogP contribution in [0.1, 0.15) is 18.9 Å². The van der Waals surface area contributed by atoms with E-state index in [0.717, 1.165) is 35.8 Å². The van der Waals surface area contributed by atoms with E-state index < -0.39 is 0 Å². The van der Waals surface area contributed by atoms with Crippen molar-refractivity contribution in [1.82, 2.24) is 0 Å². The molecule has 0 spiro atoms. The smallest absolute Gasteiger partial charge is 0.131 e. The van der Waals surface area contributed by atoms with Crippen LogP contribution < -0.4 is 9.47 Å². The molecule has 0 saturated heterocycles. The van der Waals surface area contributed by atoms with Crippen LogP contribution in [-0.2, 0) is 6.42 Å². The van der Waals surface area contributed by atoms with E-state index in [9.17, 15) is 0 Å². The number of ether oxygens (including phenoxy) is 2. The standard InChI is InChI=1S/C21H20O2/c1-2-8-17-9-6-12-19(15-17)23-21-14-7-13-20(16-21)22-18-10-4-3-5-11-18/h3-7,9-16H,2,8H2,1H3. The normalized spacial score (nSPS) is 10.3. The predicted molar refractivity (Wildman–Crippen MR) is 93.5 cm³/mol. The molecule has 0 aliphatic heterocycles. The van der Waals surface area contributed by atoms with Gasteiger partial charge < -0.3 is 9.47 Å². The van der Waals surface area contributed by atoms with Crippen molar-refractivity contribution < 1.29 is 9.47 Å². The second-order valence-electron chi connectivity index (χ2n) is 5.39. The summed E-state index contributed by atoms with van der Waals surface area (Å²) in [6.07, 6.45) is 2.19. The van der Waals surface area contributed by atoms with Gasteiger partial charge in [-0.1, -0.05) is 49.7 Å². The van der Waals surface area contributed by atoms with Crippen molar-refractivity contribution in [3.05, 3.63) is 84.4 Å². The van der Waals surface area contributed by atoms with Gasteiger partial charge in [-0.25, -0.2) is 0 Å². The fourth-order valence-electron chi connectivity index (χ4n) is 2.42. The van der Waals surface area contributed by atoms with Crippen LogP contribution in [-0.4, -0.2) is 0 Å². The van der Waals surface area contributed by atoms with E-state index in [1.165, 1.54) is 5.56 Å². The molecule has 3 rings (SSSR count). The Morgan fingerprint density at radius 1 is 0.609 bits per heavy atom. The molecule has 23 heavy (non-hydrogen) atoms. The fourth-order valence-corrected chi connectivity index (χ4v) is 2.42. The largest absolute Gasteiger partial charge is 0.457 e. The molecule has 0 aliphatic rings. The molecule has 0 heterocycles. The lowest BCUT2D eigenvalue weighted by molar-refractivity contribution is 0.460. The fraction of sp³-hybridized carbons (Fsp3) is 0.143. The van der Waals surface area contributed by atoms with Crippen molar-refractivity contribution in [2.24, 2.45) is 0 Å². The average molecular weight is 304 g/mol. The van der Waals surface area contributed by atoms with Gasteiger partial charge in [-0.05, 0) is 48.4 Å². The molecule has 0 N–H and O–H groups in total. The van der Waals surface area contributed by atoms with Crippen molar-refractivity contribution >= 4 is 0 Å². The third kappa shape index (κ3) is 4.36. The second kappa shape index (κ2) is 7.50. The lowest BCUT2D eigenvalue weighted by Crippen LogP contribution is -1.89. The van der Waals surface area contributed by atoms with Gasteiger partial charge in [-0.3, -0.25) is 0 Å².